The predicted octanol–water partition coefficient (Wildman–Crippen LogP) is -0.616. The summed E-state index contributed by atoms with van der Waals surface area (Å²) in [5, 5.41) is 17.4. The second-order valence-electron chi connectivity index (χ2n) is 7.12. The number of pyridine rings is 1. The lowest BCUT2D eigenvalue weighted by atomic mass is 10.0. The Kier molecular flexibility index (Phi) is 6.20. The summed E-state index contributed by atoms with van der Waals surface area (Å²) in [7, 11) is 1.28. The Balaban J connectivity index is 1.54. The number of nitrogens with zero attached hydrogens (tertiary/aromatic N) is 4. The molecule has 1 saturated heterocycles. The lowest BCUT2D eigenvalue weighted by molar-refractivity contribution is -0.688. The SMILES string of the molecule is CON=C(C(=O)NC1C(=O)N2C(C(=O)O)=C(C[n+]3cccc(N)c3)CS[C@@H]12)c1csc(N)n1. The second kappa shape index (κ2) is 9.07. The molecule has 2 amide bonds. The molecular formula is C19H20N7O5S2+. The number of anilines is 2. The van der Waals surface area contributed by atoms with Crippen LogP contribution >= 0.6 is 23.1 Å². The molecule has 1 unspecified atom stereocenters. The molecule has 2 aliphatic rings. The number of rotatable bonds is 7. The van der Waals surface area contributed by atoms with Gasteiger partial charge in [-0.1, -0.05) is 5.16 Å². The molecule has 0 aromatic carbocycles. The number of aliphatic carboxylic acids is 1. The summed E-state index contributed by atoms with van der Waals surface area (Å²) in [6.45, 7) is 0.267. The highest BCUT2D eigenvalue weighted by molar-refractivity contribution is 8.00. The van der Waals surface area contributed by atoms with Crippen molar-refractivity contribution in [3.05, 3.63) is 46.9 Å². The van der Waals surface area contributed by atoms with Crippen LogP contribution < -0.4 is 21.4 Å². The van der Waals surface area contributed by atoms with Crippen molar-refractivity contribution in [1.29, 1.82) is 0 Å². The van der Waals surface area contributed by atoms with E-state index in [9.17, 15) is 19.5 Å². The minimum absolute atomic E-state index is 0.0813. The third-order valence-electron chi connectivity index (χ3n) is 4.95. The van der Waals surface area contributed by atoms with Crippen molar-refractivity contribution < 1.29 is 28.9 Å². The number of hydrogen-bond acceptors (Lipinski definition) is 10. The maximum absolute atomic E-state index is 12.9. The zero-order chi connectivity index (χ0) is 23.7. The highest BCUT2D eigenvalue weighted by Gasteiger charge is 2.54. The summed E-state index contributed by atoms with van der Waals surface area (Å²) in [6, 6.07) is 2.56. The molecule has 12 nitrogen and oxygen atoms in total. The van der Waals surface area contributed by atoms with Crippen molar-refractivity contribution in [2.75, 3.05) is 24.3 Å². The van der Waals surface area contributed by atoms with Gasteiger partial charge < -0.3 is 26.7 Å². The fraction of sp³-hybridized carbons (Fsp3) is 0.263. The Hall–Kier alpha value is -3.65. The maximum atomic E-state index is 12.9. The van der Waals surface area contributed by atoms with Crippen molar-refractivity contribution in [3.63, 3.8) is 0 Å². The van der Waals surface area contributed by atoms with E-state index < -0.39 is 29.2 Å². The third kappa shape index (κ3) is 4.34. The molecule has 2 aromatic heterocycles. The first-order valence-corrected chi connectivity index (χ1v) is 11.5. The molecule has 33 heavy (non-hydrogen) atoms. The number of carboxylic acids is 1. The molecule has 2 aromatic rings. The maximum Gasteiger partial charge on any atom is 0.352 e. The zero-order valence-corrected chi connectivity index (χ0v) is 18.9. The van der Waals surface area contributed by atoms with Crippen molar-refractivity contribution in [2.24, 2.45) is 5.16 Å². The van der Waals surface area contributed by atoms with Crippen molar-refractivity contribution in [1.82, 2.24) is 15.2 Å². The molecule has 6 N–H and O–H groups in total. The smallest absolute Gasteiger partial charge is 0.352 e. The molecule has 14 heteroatoms. The molecule has 0 saturated carbocycles. The fourth-order valence-electron chi connectivity index (χ4n) is 3.57. The topological polar surface area (TPSA) is 177 Å². The molecule has 0 aliphatic carbocycles. The molecule has 2 atom stereocenters. The lowest BCUT2D eigenvalue weighted by Crippen LogP contribution is -2.71. The van der Waals surface area contributed by atoms with Crippen LogP contribution in [0, 0.1) is 0 Å². The number of fused-ring (bicyclic) bond motifs is 1. The number of carbonyl (C=O) groups is 3. The van der Waals surface area contributed by atoms with Gasteiger partial charge in [-0.3, -0.25) is 14.5 Å². The van der Waals surface area contributed by atoms with Crippen LogP contribution in [0.25, 0.3) is 0 Å². The molecular weight excluding hydrogens is 470 g/mol. The van der Waals surface area contributed by atoms with Crippen LogP contribution in [-0.4, -0.2) is 62.8 Å². The van der Waals surface area contributed by atoms with Gasteiger partial charge in [0.25, 0.3) is 11.8 Å². The summed E-state index contributed by atoms with van der Waals surface area (Å²) >= 11 is 2.49. The monoisotopic (exact) mass is 490 g/mol. The van der Waals surface area contributed by atoms with Crippen LogP contribution in [0.5, 0.6) is 0 Å². The zero-order valence-electron chi connectivity index (χ0n) is 17.3. The quantitative estimate of drug-likeness (QED) is 0.170. The van der Waals surface area contributed by atoms with Gasteiger partial charge in [0.15, 0.2) is 29.8 Å². The third-order valence-corrected chi connectivity index (χ3v) is 6.97. The number of nitrogens with one attached hydrogen (secondary N) is 1. The molecule has 0 radical (unpaired) electrons. The number of nitrogens with two attached hydrogens (primary N) is 2. The van der Waals surface area contributed by atoms with E-state index in [0.717, 1.165) is 11.3 Å². The number of carboxylic acid groups (broad SMARTS) is 1. The lowest BCUT2D eigenvalue weighted by Gasteiger charge is -2.49. The second-order valence-corrected chi connectivity index (χ2v) is 9.12. The van der Waals surface area contributed by atoms with Gasteiger partial charge in [0.05, 0.1) is 5.69 Å². The van der Waals surface area contributed by atoms with E-state index in [2.05, 4.69) is 15.5 Å². The van der Waals surface area contributed by atoms with Gasteiger partial charge >= 0.3 is 5.97 Å². The molecule has 1 fully saturated rings. The molecule has 0 bridgehead atoms. The number of amides is 2. The molecule has 4 rings (SSSR count). The minimum atomic E-state index is -1.21. The van der Waals surface area contributed by atoms with Crippen LogP contribution in [0.2, 0.25) is 0 Å². The average molecular weight is 491 g/mol. The number of nitrogen functional groups attached to an aromatic ring is 2. The van der Waals surface area contributed by atoms with Gasteiger partial charge in [0, 0.05) is 22.8 Å². The molecule has 2 aliphatic heterocycles. The standard InChI is InChI=1S/C19H19N7O5S2/c1-31-24-12(11-8-33-19(21)22-11)15(27)23-13-16(28)26-14(18(29)30)9(7-32-17(13)26)5-25-4-2-3-10(20)6-25/h2-4,6,8,13,17H,5,7,20H2,1H3,(H3-,21,22,23,27,29,30)/p+1/t13?,17-/m0/s1. The molecule has 4 heterocycles. The number of hydrogen-bond donors (Lipinski definition) is 4. The Labute approximate surface area is 195 Å². The number of aromatic nitrogens is 2. The first kappa shape index (κ1) is 22.5. The Bertz CT molecular complexity index is 1190. The summed E-state index contributed by atoms with van der Waals surface area (Å²) in [5.41, 5.74) is 12.5. The van der Waals surface area contributed by atoms with E-state index in [1.807, 2.05) is 0 Å². The highest BCUT2D eigenvalue weighted by Crippen LogP contribution is 2.40. The van der Waals surface area contributed by atoms with Crippen LogP contribution in [0.1, 0.15) is 5.69 Å². The number of oxime groups is 1. The summed E-state index contributed by atoms with van der Waals surface area (Å²) < 4.78 is 1.76. The van der Waals surface area contributed by atoms with E-state index in [4.69, 9.17) is 16.3 Å². The van der Waals surface area contributed by atoms with Crippen molar-refractivity contribution in [2.45, 2.75) is 18.0 Å². The van der Waals surface area contributed by atoms with Gasteiger partial charge in [-0.25, -0.2) is 9.78 Å². The Morgan fingerprint density at radius 2 is 2.24 bits per heavy atom. The van der Waals surface area contributed by atoms with E-state index >= 15 is 0 Å². The summed E-state index contributed by atoms with van der Waals surface area (Å²) in [6.07, 6.45) is 3.45. The molecule has 172 valence electrons. The van der Waals surface area contributed by atoms with Gasteiger partial charge in [-0.05, 0) is 6.07 Å². The number of carbonyl (C=O) groups excluding carboxylic acids is 2. The van der Waals surface area contributed by atoms with Gasteiger partial charge in [0.1, 0.15) is 29.9 Å². The summed E-state index contributed by atoms with van der Waals surface area (Å²) in [5.74, 6) is -2.05. The van der Waals surface area contributed by atoms with Gasteiger partial charge in [-0.15, -0.1) is 23.1 Å². The number of β-lactam (4-membered cyclic amide) rings is 1. The minimum Gasteiger partial charge on any atom is -0.477 e. The highest BCUT2D eigenvalue weighted by atomic mass is 32.2. The first-order valence-electron chi connectivity index (χ1n) is 9.58. The average Bonchev–Trinajstić information content (AvgIpc) is 3.21. The van der Waals surface area contributed by atoms with E-state index in [-0.39, 0.29) is 28.8 Å². The number of thioether (sulfide) groups is 1. The first-order chi connectivity index (χ1) is 15.8. The summed E-state index contributed by atoms with van der Waals surface area (Å²) in [4.78, 5) is 47.7. The largest absolute Gasteiger partial charge is 0.477 e. The normalized spacial score (nSPS) is 20.2. The van der Waals surface area contributed by atoms with Crippen LogP contribution in [0.3, 0.4) is 0 Å². The van der Waals surface area contributed by atoms with Gasteiger partial charge in [0.2, 0.25) is 0 Å². The fourth-order valence-corrected chi connectivity index (χ4v) is 5.45. The van der Waals surface area contributed by atoms with Crippen molar-refractivity contribution >= 4 is 57.4 Å². The number of thiazole rings is 1. The van der Waals surface area contributed by atoms with Crippen LogP contribution in [0.15, 0.2) is 46.3 Å². The Morgan fingerprint density at radius 3 is 2.88 bits per heavy atom. The van der Waals surface area contributed by atoms with E-state index in [1.165, 1.54) is 23.8 Å². The predicted molar refractivity (Wildman–Crippen MR) is 121 cm³/mol. The van der Waals surface area contributed by atoms with Crippen LogP contribution in [0.4, 0.5) is 10.8 Å². The van der Waals surface area contributed by atoms with Crippen molar-refractivity contribution in [3.8, 4) is 0 Å². The molecule has 0 spiro atoms. The van der Waals surface area contributed by atoms with E-state index in [1.54, 1.807) is 34.5 Å². The van der Waals surface area contributed by atoms with Crippen LogP contribution in [-0.2, 0) is 25.8 Å². The van der Waals surface area contributed by atoms with Gasteiger partial charge in [-0.2, -0.15) is 4.57 Å². The Morgan fingerprint density at radius 1 is 1.45 bits per heavy atom. The van der Waals surface area contributed by atoms with E-state index in [0.29, 0.717) is 17.0 Å².